The first-order chi connectivity index (χ1) is 8.86. The quantitative estimate of drug-likeness (QED) is 0.811. The highest BCUT2D eigenvalue weighted by molar-refractivity contribution is 5.44. The monoisotopic (exact) mass is 247 g/mol. The van der Waals surface area contributed by atoms with Gasteiger partial charge in [-0.1, -0.05) is 18.2 Å². The minimum Gasteiger partial charge on any atom is -0.492 e. The Bertz CT molecular complexity index is 415. The predicted octanol–water partition coefficient (Wildman–Crippen LogP) is 1.32. The molecular formula is C13H17N3O2. The minimum atomic E-state index is 0.625. The molecule has 0 radical (unpaired) electrons. The molecule has 0 saturated heterocycles. The summed E-state index contributed by atoms with van der Waals surface area (Å²) in [5.74, 6) is 0.910. The Balaban J connectivity index is 0.000000357. The van der Waals surface area contributed by atoms with E-state index in [1.54, 1.807) is 19.6 Å². The molecule has 0 saturated carbocycles. The first-order valence-corrected chi connectivity index (χ1v) is 5.61. The SMILES string of the molecule is CNC=O.c1ccc(OCCn2ccnc2)cc1. The molecule has 0 bridgehead atoms. The van der Waals surface area contributed by atoms with Crippen LogP contribution >= 0.6 is 0 Å². The van der Waals surface area contributed by atoms with Crippen LogP contribution < -0.4 is 10.1 Å². The largest absolute Gasteiger partial charge is 0.492 e. The number of rotatable bonds is 5. The topological polar surface area (TPSA) is 56.1 Å². The summed E-state index contributed by atoms with van der Waals surface area (Å²) in [6.07, 6.45) is 6.10. The van der Waals surface area contributed by atoms with E-state index in [0.29, 0.717) is 13.0 Å². The van der Waals surface area contributed by atoms with Gasteiger partial charge in [0.1, 0.15) is 12.4 Å². The fourth-order valence-electron chi connectivity index (χ4n) is 1.20. The number of aromatic nitrogens is 2. The summed E-state index contributed by atoms with van der Waals surface area (Å²) in [4.78, 5) is 13.0. The maximum Gasteiger partial charge on any atom is 0.206 e. The van der Waals surface area contributed by atoms with Crippen molar-refractivity contribution in [2.45, 2.75) is 6.54 Å². The van der Waals surface area contributed by atoms with Gasteiger partial charge in [0.2, 0.25) is 6.41 Å². The van der Waals surface area contributed by atoms with Crippen LogP contribution in [-0.2, 0) is 11.3 Å². The maximum atomic E-state index is 9.06. The van der Waals surface area contributed by atoms with Crippen LogP contribution in [0.25, 0.3) is 0 Å². The molecule has 0 aliphatic carbocycles. The zero-order valence-electron chi connectivity index (χ0n) is 10.3. The average molecular weight is 247 g/mol. The molecule has 0 spiro atoms. The van der Waals surface area contributed by atoms with E-state index < -0.39 is 0 Å². The van der Waals surface area contributed by atoms with Gasteiger partial charge >= 0.3 is 0 Å². The van der Waals surface area contributed by atoms with Crippen LogP contribution in [0.4, 0.5) is 0 Å². The number of hydrogen-bond donors (Lipinski definition) is 1. The molecule has 1 heterocycles. The molecule has 1 aromatic heterocycles. The number of nitrogens with zero attached hydrogens (tertiary/aromatic N) is 2. The van der Waals surface area contributed by atoms with Gasteiger partial charge in [-0.25, -0.2) is 4.98 Å². The van der Waals surface area contributed by atoms with Crippen LogP contribution in [0.15, 0.2) is 49.1 Å². The highest BCUT2D eigenvalue weighted by Gasteiger charge is 1.92. The van der Waals surface area contributed by atoms with Crippen molar-refractivity contribution >= 4 is 6.41 Å². The number of para-hydroxylation sites is 1. The smallest absolute Gasteiger partial charge is 0.206 e. The van der Waals surface area contributed by atoms with E-state index in [0.717, 1.165) is 12.3 Å². The number of imidazole rings is 1. The zero-order chi connectivity index (χ0) is 13.1. The van der Waals surface area contributed by atoms with Crippen LogP contribution in [0, 0.1) is 0 Å². The normalized spacial score (nSPS) is 8.94. The van der Waals surface area contributed by atoms with Gasteiger partial charge in [-0.2, -0.15) is 0 Å². The van der Waals surface area contributed by atoms with E-state index in [9.17, 15) is 0 Å². The Hall–Kier alpha value is -2.30. The number of carbonyl (C=O) groups is 1. The molecular weight excluding hydrogens is 230 g/mol. The predicted molar refractivity (Wildman–Crippen MR) is 69.3 cm³/mol. The summed E-state index contributed by atoms with van der Waals surface area (Å²) in [5.41, 5.74) is 0. The van der Waals surface area contributed by atoms with Crippen molar-refractivity contribution in [1.82, 2.24) is 14.9 Å². The third-order valence-electron chi connectivity index (χ3n) is 2.04. The number of carbonyl (C=O) groups excluding carboxylic acids is 1. The standard InChI is InChI=1S/C11H12N2O.C2H5NO/c1-2-4-11(5-3-1)14-9-8-13-7-6-12-10-13;1-3-2-4/h1-7,10H,8-9H2;2H,1H3,(H,3,4). The first-order valence-electron chi connectivity index (χ1n) is 5.61. The highest BCUT2D eigenvalue weighted by atomic mass is 16.5. The third kappa shape index (κ3) is 5.69. The van der Waals surface area contributed by atoms with Gasteiger partial charge in [0, 0.05) is 19.4 Å². The van der Waals surface area contributed by atoms with Gasteiger partial charge in [-0.15, -0.1) is 0 Å². The Morgan fingerprint density at radius 2 is 2.11 bits per heavy atom. The lowest BCUT2D eigenvalue weighted by Crippen LogP contribution is -2.06. The van der Waals surface area contributed by atoms with Gasteiger partial charge in [0.15, 0.2) is 0 Å². The van der Waals surface area contributed by atoms with Crippen molar-refractivity contribution in [3.63, 3.8) is 0 Å². The number of ether oxygens (including phenoxy) is 1. The molecule has 0 fully saturated rings. The Kier molecular flexibility index (Phi) is 6.73. The number of hydrogen-bond acceptors (Lipinski definition) is 3. The van der Waals surface area contributed by atoms with Crippen molar-refractivity contribution in [2.24, 2.45) is 0 Å². The fourth-order valence-corrected chi connectivity index (χ4v) is 1.20. The first kappa shape index (κ1) is 13.8. The van der Waals surface area contributed by atoms with Crippen LogP contribution in [0.1, 0.15) is 0 Å². The van der Waals surface area contributed by atoms with Crippen molar-refractivity contribution in [3.05, 3.63) is 49.1 Å². The maximum absolute atomic E-state index is 9.06. The summed E-state index contributed by atoms with van der Waals surface area (Å²) >= 11 is 0. The molecule has 0 aliphatic heterocycles. The second kappa shape index (κ2) is 8.81. The summed E-state index contributed by atoms with van der Waals surface area (Å²) in [6, 6.07) is 9.81. The lowest BCUT2D eigenvalue weighted by molar-refractivity contribution is -0.109. The van der Waals surface area contributed by atoms with Gasteiger partial charge in [-0.3, -0.25) is 4.79 Å². The lowest BCUT2D eigenvalue weighted by Gasteiger charge is -2.05. The average Bonchev–Trinajstić information content (AvgIpc) is 2.93. The van der Waals surface area contributed by atoms with E-state index in [2.05, 4.69) is 10.3 Å². The van der Waals surface area contributed by atoms with Gasteiger partial charge in [0.05, 0.1) is 12.9 Å². The zero-order valence-corrected chi connectivity index (χ0v) is 10.3. The number of nitrogens with one attached hydrogen (secondary N) is 1. The molecule has 0 aliphatic rings. The lowest BCUT2D eigenvalue weighted by atomic mass is 10.3. The molecule has 5 heteroatoms. The Morgan fingerprint density at radius 1 is 1.39 bits per heavy atom. The van der Waals surface area contributed by atoms with Crippen molar-refractivity contribution < 1.29 is 9.53 Å². The molecule has 2 aromatic rings. The number of benzene rings is 1. The molecule has 1 amide bonds. The van der Waals surface area contributed by atoms with Gasteiger partial charge in [-0.05, 0) is 12.1 Å². The molecule has 5 nitrogen and oxygen atoms in total. The molecule has 18 heavy (non-hydrogen) atoms. The highest BCUT2D eigenvalue weighted by Crippen LogP contribution is 2.07. The molecule has 1 N–H and O–H groups in total. The van der Waals surface area contributed by atoms with E-state index >= 15 is 0 Å². The second-order valence-corrected chi connectivity index (χ2v) is 3.37. The van der Waals surface area contributed by atoms with Gasteiger partial charge in [0.25, 0.3) is 0 Å². The third-order valence-corrected chi connectivity index (χ3v) is 2.04. The van der Waals surface area contributed by atoms with Crippen molar-refractivity contribution in [3.8, 4) is 5.75 Å². The second-order valence-electron chi connectivity index (χ2n) is 3.37. The van der Waals surface area contributed by atoms with Crippen LogP contribution in [-0.4, -0.2) is 29.6 Å². The van der Waals surface area contributed by atoms with Crippen molar-refractivity contribution in [2.75, 3.05) is 13.7 Å². The summed E-state index contributed by atoms with van der Waals surface area (Å²) < 4.78 is 7.52. The fraction of sp³-hybridized carbons (Fsp3) is 0.231. The molecule has 0 unspecified atom stereocenters. The van der Waals surface area contributed by atoms with Crippen molar-refractivity contribution in [1.29, 1.82) is 0 Å². The summed E-state index contributed by atoms with van der Waals surface area (Å²) in [7, 11) is 1.56. The number of amides is 1. The van der Waals surface area contributed by atoms with E-state index in [1.807, 2.05) is 41.1 Å². The van der Waals surface area contributed by atoms with Crippen LogP contribution in [0.5, 0.6) is 5.75 Å². The summed E-state index contributed by atoms with van der Waals surface area (Å²) in [6.45, 7) is 1.50. The van der Waals surface area contributed by atoms with Crippen LogP contribution in [0.3, 0.4) is 0 Å². The molecule has 96 valence electrons. The van der Waals surface area contributed by atoms with E-state index in [4.69, 9.17) is 9.53 Å². The molecule has 2 rings (SSSR count). The van der Waals surface area contributed by atoms with Crippen LogP contribution in [0.2, 0.25) is 0 Å². The Labute approximate surface area is 106 Å². The summed E-state index contributed by atoms with van der Waals surface area (Å²) in [5, 5.41) is 2.25. The molecule has 1 aromatic carbocycles. The molecule has 0 atom stereocenters. The van der Waals surface area contributed by atoms with Gasteiger partial charge < -0.3 is 14.6 Å². The van der Waals surface area contributed by atoms with E-state index in [-0.39, 0.29) is 0 Å². The Morgan fingerprint density at radius 3 is 2.67 bits per heavy atom. The minimum absolute atomic E-state index is 0.625. The van der Waals surface area contributed by atoms with E-state index in [1.165, 1.54) is 0 Å².